The average molecular weight is 405 g/mol. The first-order chi connectivity index (χ1) is 14.2. The molecule has 0 aliphatic carbocycles. The molecule has 0 radical (unpaired) electrons. The van der Waals surface area contributed by atoms with Crippen LogP contribution in [-0.2, 0) is 22.4 Å². The smallest absolute Gasteiger partial charge is 0.137 e. The lowest BCUT2D eigenvalue weighted by Crippen LogP contribution is -2.34. The third kappa shape index (κ3) is 9.23. The maximum atomic E-state index is 9.66. The van der Waals surface area contributed by atoms with Crippen molar-refractivity contribution in [3.05, 3.63) is 53.9 Å². The fourth-order valence-electron chi connectivity index (χ4n) is 2.66. The van der Waals surface area contributed by atoms with Crippen molar-refractivity contribution in [3.8, 4) is 11.5 Å². The summed E-state index contributed by atoms with van der Waals surface area (Å²) in [6.07, 6.45) is 2.33. The lowest BCUT2D eigenvalue weighted by atomic mass is 10.1. The van der Waals surface area contributed by atoms with E-state index in [1.165, 1.54) is 0 Å². The van der Waals surface area contributed by atoms with Crippen LogP contribution in [0.5, 0.6) is 11.5 Å². The number of hydrogen-bond donors (Lipinski definition) is 2. The quantitative estimate of drug-likeness (QED) is 0.441. The zero-order valence-electron chi connectivity index (χ0n) is 17.3. The predicted octanol–water partition coefficient (Wildman–Crippen LogP) is 2.22. The van der Waals surface area contributed by atoms with E-state index in [-0.39, 0.29) is 12.6 Å². The van der Waals surface area contributed by atoms with Gasteiger partial charge in [0, 0.05) is 31.3 Å². The third-order valence-corrected chi connectivity index (χ3v) is 4.30. The topological polar surface area (TPSA) is 82.1 Å². The van der Waals surface area contributed by atoms with Gasteiger partial charge in [0.2, 0.25) is 0 Å². The van der Waals surface area contributed by atoms with E-state index in [9.17, 15) is 5.11 Å². The van der Waals surface area contributed by atoms with Gasteiger partial charge >= 0.3 is 0 Å². The summed E-state index contributed by atoms with van der Waals surface area (Å²) in [5, 5.41) is 13.0. The first kappa shape index (κ1) is 23.1. The van der Waals surface area contributed by atoms with Crippen LogP contribution in [0.4, 0.5) is 0 Å². The van der Waals surface area contributed by atoms with E-state index in [4.69, 9.17) is 18.9 Å². The summed E-state index contributed by atoms with van der Waals surface area (Å²) in [6.45, 7) is 5.51. The van der Waals surface area contributed by atoms with Crippen LogP contribution in [0.25, 0.3) is 0 Å². The first-order valence-corrected chi connectivity index (χ1v) is 9.95. The second-order valence-corrected chi connectivity index (χ2v) is 6.46. The summed E-state index contributed by atoms with van der Waals surface area (Å²) in [5.41, 5.74) is 2.02. The van der Waals surface area contributed by atoms with Gasteiger partial charge in [0.05, 0.1) is 39.7 Å². The average Bonchev–Trinajstić information content (AvgIpc) is 2.77. The Hall–Kier alpha value is -2.19. The second kappa shape index (κ2) is 13.9. The Bertz CT molecular complexity index is 664. The number of nitrogens with one attached hydrogen (secondary N) is 1. The van der Waals surface area contributed by atoms with Gasteiger partial charge in [-0.25, -0.2) is 0 Å². The minimum atomic E-state index is -0.0740. The van der Waals surface area contributed by atoms with Crippen molar-refractivity contribution in [1.29, 1.82) is 0 Å². The molecule has 1 heterocycles. The van der Waals surface area contributed by atoms with E-state index in [1.807, 2.05) is 43.3 Å². The van der Waals surface area contributed by atoms with Gasteiger partial charge in [-0.3, -0.25) is 4.98 Å². The lowest BCUT2D eigenvalue weighted by Gasteiger charge is -2.16. The fourth-order valence-corrected chi connectivity index (χ4v) is 2.66. The number of ether oxygens (including phenoxy) is 4. The van der Waals surface area contributed by atoms with Crippen molar-refractivity contribution >= 4 is 0 Å². The highest BCUT2D eigenvalue weighted by molar-refractivity contribution is 5.27. The largest absolute Gasteiger partial charge is 0.497 e. The summed E-state index contributed by atoms with van der Waals surface area (Å²) in [7, 11) is 1.65. The van der Waals surface area contributed by atoms with Gasteiger partial charge in [-0.15, -0.1) is 0 Å². The Balaban J connectivity index is 1.69. The minimum absolute atomic E-state index is 0.0369. The lowest BCUT2D eigenvalue weighted by molar-refractivity contribution is 0.0404. The van der Waals surface area contributed by atoms with Crippen molar-refractivity contribution < 1.29 is 24.1 Å². The van der Waals surface area contributed by atoms with E-state index in [2.05, 4.69) is 10.3 Å². The normalized spacial score (nSPS) is 12.0. The van der Waals surface area contributed by atoms with Crippen LogP contribution < -0.4 is 14.8 Å². The zero-order valence-corrected chi connectivity index (χ0v) is 17.3. The number of nitrogens with zero attached hydrogens (tertiary/aromatic N) is 1. The number of aliphatic hydroxyl groups is 1. The Morgan fingerprint density at radius 2 is 1.69 bits per heavy atom. The number of pyridine rings is 1. The molecule has 2 rings (SSSR count). The molecule has 2 aromatic rings. The van der Waals surface area contributed by atoms with Gasteiger partial charge in [0.25, 0.3) is 0 Å². The number of methoxy groups -OCH3 is 1. The summed E-state index contributed by atoms with van der Waals surface area (Å²) in [6, 6.07) is 11.6. The second-order valence-electron chi connectivity index (χ2n) is 6.46. The molecule has 0 saturated heterocycles. The molecule has 1 atom stereocenters. The molecule has 0 saturated carbocycles. The van der Waals surface area contributed by atoms with Crippen molar-refractivity contribution in [2.75, 3.05) is 46.8 Å². The molecule has 0 amide bonds. The van der Waals surface area contributed by atoms with Gasteiger partial charge < -0.3 is 29.4 Å². The van der Waals surface area contributed by atoms with Crippen molar-refractivity contribution in [3.63, 3.8) is 0 Å². The SMILES string of the molecule is CCOCCOCCOc1ccc(C[C@@H](CO)NCc2ccc(OC)cc2)nc1. The molecule has 7 heteroatoms. The number of aliphatic hydroxyl groups excluding tert-OH is 1. The maximum absolute atomic E-state index is 9.66. The standard InChI is InChI=1S/C22H32N2O5/c1-3-27-10-11-28-12-13-29-22-9-6-19(24-16-22)14-20(17-25)23-15-18-4-7-21(26-2)8-5-18/h4-9,16,20,23,25H,3,10-15,17H2,1-2H3/t20-/m0/s1. The van der Waals surface area contributed by atoms with Gasteiger partial charge in [0.1, 0.15) is 18.1 Å². The summed E-state index contributed by atoms with van der Waals surface area (Å²) < 4.78 is 21.4. The highest BCUT2D eigenvalue weighted by atomic mass is 16.5. The molecule has 160 valence electrons. The van der Waals surface area contributed by atoms with Crippen LogP contribution in [0, 0.1) is 0 Å². The van der Waals surface area contributed by atoms with Gasteiger partial charge in [-0.1, -0.05) is 12.1 Å². The highest BCUT2D eigenvalue weighted by Crippen LogP contribution is 2.12. The number of aromatic nitrogens is 1. The van der Waals surface area contributed by atoms with Gasteiger partial charge in [0.15, 0.2) is 0 Å². The molecule has 7 nitrogen and oxygen atoms in total. The maximum Gasteiger partial charge on any atom is 0.137 e. The molecule has 0 aliphatic heterocycles. The van der Waals surface area contributed by atoms with E-state index in [0.29, 0.717) is 51.7 Å². The van der Waals surface area contributed by atoms with Crippen LogP contribution in [0.3, 0.4) is 0 Å². The molecule has 0 aliphatic rings. The van der Waals surface area contributed by atoms with Crippen LogP contribution in [0.2, 0.25) is 0 Å². The number of hydrogen-bond acceptors (Lipinski definition) is 7. The zero-order chi connectivity index (χ0) is 20.7. The third-order valence-electron chi connectivity index (χ3n) is 4.30. The van der Waals surface area contributed by atoms with Crippen LogP contribution in [0.15, 0.2) is 42.6 Å². The molecule has 0 fully saturated rings. The van der Waals surface area contributed by atoms with E-state index < -0.39 is 0 Å². The van der Waals surface area contributed by atoms with Crippen molar-refractivity contribution in [2.24, 2.45) is 0 Å². The van der Waals surface area contributed by atoms with Crippen LogP contribution >= 0.6 is 0 Å². The molecule has 2 N–H and O–H groups in total. The van der Waals surface area contributed by atoms with Crippen LogP contribution in [0.1, 0.15) is 18.2 Å². The molecule has 0 spiro atoms. The van der Waals surface area contributed by atoms with Gasteiger partial charge in [-0.2, -0.15) is 0 Å². The predicted molar refractivity (Wildman–Crippen MR) is 111 cm³/mol. The molecular formula is C22H32N2O5. The summed E-state index contributed by atoms with van der Waals surface area (Å²) in [5.74, 6) is 1.53. The summed E-state index contributed by atoms with van der Waals surface area (Å²) >= 11 is 0. The van der Waals surface area contributed by atoms with Gasteiger partial charge in [-0.05, 0) is 36.8 Å². The molecule has 29 heavy (non-hydrogen) atoms. The molecule has 0 bridgehead atoms. The molecule has 0 unspecified atom stereocenters. The minimum Gasteiger partial charge on any atom is -0.497 e. The monoisotopic (exact) mass is 404 g/mol. The fraction of sp³-hybridized carbons (Fsp3) is 0.500. The molecular weight excluding hydrogens is 372 g/mol. The van der Waals surface area contributed by atoms with Crippen molar-refractivity contribution in [1.82, 2.24) is 10.3 Å². The summed E-state index contributed by atoms with van der Waals surface area (Å²) in [4.78, 5) is 4.43. The number of rotatable bonds is 15. The van der Waals surface area contributed by atoms with Crippen molar-refractivity contribution in [2.45, 2.75) is 25.9 Å². The Morgan fingerprint density at radius 1 is 0.966 bits per heavy atom. The number of benzene rings is 1. The molecule has 1 aromatic heterocycles. The van der Waals surface area contributed by atoms with E-state index in [1.54, 1.807) is 13.3 Å². The highest BCUT2D eigenvalue weighted by Gasteiger charge is 2.09. The van der Waals surface area contributed by atoms with E-state index >= 15 is 0 Å². The van der Waals surface area contributed by atoms with E-state index in [0.717, 1.165) is 17.0 Å². The first-order valence-electron chi connectivity index (χ1n) is 9.95. The Morgan fingerprint density at radius 3 is 2.34 bits per heavy atom. The molecule has 1 aromatic carbocycles. The Labute approximate surface area is 173 Å². The Kier molecular flexibility index (Phi) is 11.1. The van der Waals surface area contributed by atoms with Crippen LogP contribution in [-0.4, -0.2) is 62.9 Å².